The van der Waals surface area contributed by atoms with Gasteiger partial charge in [0.05, 0.1) is 16.9 Å². The molecule has 4 aromatic carbocycles. The number of pyridine rings is 1. The van der Waals surface area contributed by atoms with Crippen molar-refractivity contribution in [1.29, 1.82) is 0 Å². The predicted molar refractivity (Wildman–Crippen MR) is 215 cm³/mol. The third-order valence-electron chi connectivity index (χ3n) is 11.2. The molecule has 0 saturated carbocycles. The van der Waals surface area contributed by atoms with E-state index in [1.54, 1.807) is 6.33 Å². The fourth-order valence-corrected chi connectivity index (χ4v) is 7.80. The number of hydrogen-bond acceptors (Lipinski definition) is 5. The molecule has 0 radical (unpaired) electrons. The van der Waals surface area contributed by atoms with Crippen LogP contribution in [0.15, 0.2) is 95.8 Å². The molecular weight excluding hydrogens is 639 g/mol. The van der Waals surface area contributed by atoms with Crippen LogP contribution in [0.5, 0.6) is 11.5 Å². The molecule has 0 fully saturated rings. The maximum atomic E-state index is 6.91. The zero-order chi connectivity index (χ0) is 36.8. The monoisotopic (exact) mass is 687 g/mol. The quantitative estimate of drug-likeness (QED) is 0.184. The van der Waals surface area contributed by atoms with Gasteiger partial charge < -0.3 is 9.15 Å². The van der Waals surface area contributed by atoms with E-state index in [4.69, 9.17) is 24.1 Å². The molecule has 0 bridgehead atoms. The van der Waals surface area contributed by atoms with E-state index in [9.17, 15) is 0 Å². The maximum absolute atomic E-state index is 6.91. The van der Waals surface area contributed by atoms with Crippen LogP contribution in [0.1, 0.15) is 104 Å². The minimum atomic E-state index is -0.104. The summed E-state index contributed by atoms with van der Waals surface area (Å²) in [5.74, 6) is 1.47. The molecule has 0 atom stereocenters. The highest BCUT2D eigenvalue weighted by molar-refractivity contribution is 6.12. The Bertz CT molecular complexity index is 2520. The number of nitrogens with zero attached hydrogens (tertiary/aromatic N) is 3. The van der Waals surface area contributed by atoms with Crippen LogP contribution in [-0.4, -0.2) is 15.0 Å². The highest BCUT2D eigenvalue weighted by Gasteiger charge is 2.37. The predicted octanol–water partition coefficient (Wildman–Crippen LogP) is 13.0. The van der Waals surface area contributed by atoms with Crippen molar-refractivity contribution in [2.24, 2.45) is 0 Å². The lowest BCUT2D eigenvalue weighted by Gasteiger charge is -2.42. The summed E-state index contributed by atoms with van der Waals surface area (Å²) in [7, 11) is 0. The molecule has 3 heterocycles. The summed E-state index contributed by atoms with van der Waals surface area (Å²) in [4.78, 5) is 14.6. The van der Waals surface area contributed by atoms with Crippen LogP contribution in [0, 0.1) is 0 Å². The molecule has 0 amide bonds. The Morgan fingerprint density at radius 3 is 2.06 bits per heavy atom. The summed E-state index contributed by atoms with van der Waals surface area (Å²) in [5.41, 5.74) is 11.4. The Balaban J connectivity index is 1.33. The van der Waals surface area contributed by atoms with Crippen LogP contribution in [0.2, 0.25) is 0 Å². The van der Waals surface area contributed by atoms with Gasteiger partial charge in [-0.05, 0) is 117 Å². The van der Waals surface area contributed by atoms with E-state index in [0.29, 0.717) is 5.75 Å². The molecule has 0 N–H and O–H groups in total. The van der Waals surface area contributed by atoms with E-state index in [0.717, 1.165) is 73.9 Å². The van der Waals surface area contributed by atoms with Gasteiger partial charge in [0.2, 0.25) is 0 Å². The van der Waals surface area contributed by atoms with E-state index in [-0.39, 0.29) is 21.7 Å². The minimum absolute atomic E-state index is 0.00820. The van der Waals surface area contributed by atoms with E-state index >= 15 is 0 Å². The lowest BCUT2D eigenvalue weighted by Crippen LogP contribution is -2.33. The van der Waals surface area contributed by atoms with Crippen LogP contribution in [-0.2, 0) is 21.7 Å². The summed E-state index contributed by atoms with van der Waals surface area (Å²) >= 11 is 0. The van der Waals surface area contributed by atoms with E-state index in [1.807, 2.05) is 18.3 Å². The number of ether oxygens (including phenoxy) is 1. The number of benzene rings is 4. The van der Waals surface area contributed by atoms with Crippen molar-refractivity contribution in [3.8, 4) is 34.0 Å². The largest absolute Gasteiger partial charge is 0.457 e. The van der Waals surface area contributed by atoms with Crippen molar-refractivity contribution in [1.82, 2.24) is 15.0 Å². The molecule has 0 spiro atoms. The van der Waals surface area contributed by atoms with Crippen LogP contribution in [0.3, 0.4) is 0 Å². The molecule has 3 aromatic heterocycles. The third kappa shape index (κ3) is 5.94. The molecule has 5 nitrogen and oxygen atoms in total. The number of aromatic nitrogens is 3. The summed E-state index contributed by atoms with van der Waals surface area (Å²) in [5, 5.41) is 3.05. The molecule has 1 aliphatic rings. The number of rotatable bonds is 4. The average molecular weight is 688 g/mol. The Morgan fingerprint density at radius 2 is 1.33 bits per heavy atom. The highest BCUT2D eigenvalue weighted by atomic mass is 16.5. The smallest absolute Gasteiger partial charge is 0.145 e. The first-order valence-corrected chi connectivity index (χ1v) is 18.5. The molecule has 7 aromatic rings. The summed E-state index contributed by atoms with van der Waals surface area (Å²) < 4.78 is 13.5. The maximum Gasteiger partial charge on any atom is 0.145 e. The topological polar surface area (TPSA) is 61.0 Å². The fraction of sp³-hybridized carbons (Fsp3) is 0.340. The Morgan fingerprint density at radius 1 is 0.635 bits per heavy atom. The molecule has 5 heteroatoms. The molecule has 8 rings (SSSR count). The van der Waals surface area contributed by atoms with Gasteiger partial charge in [-0.1, -0.05) is 87.4 Å². The van der Waals surface area contributed by atoms with E-state index in [1.165, 1.54) is 22.3 Å². The van der Waals surface area contributed by atoms with E-state index < -0.39 is 0 Å². The second-order valence-corrected chi connectivity index (χ2v) is 18.1. The zero-order valence-electron chi connectivity index (χ0n) is 32.2. The third-order valence-corrected chi connectivity index (χ3v) is 11.2. The van der Waals surface area contributed by atoms with Gasteiger partial charge in [-0.25, -0.2) is 9.97 Å². The standard InChI is InChI=1S/C47H49N3O2/c1-44(2,3)29-15-18-48-39(22-29)28-19-30(45(4,5)6)21-31(20-28)51-32-23-34-33-13-11-12-14-41(33)52-43(34)36(24-32)42-35-25-37-38(26-40(35)49-27-50-42)47(9,10)17-16-46(37,7)8/h11-15,18-27H,16-17H2,1-10H3. The van der Waals surface area contributed by atoms with Crippen molar-refractivity contribution in [2.45, 2.75) is 104 Å². The van der Waals surface area contributed by atoms with Gasteiger partial charge in [-0.3, -0.25) is 4.98 Å². The molecular formula is C47H49N3O2. The van der Waals surface area contributed by atoms with Crippen molar-refractivity contribution < 1.29 is 9.15 Å². The molecule has 0 aliphatic heterocycles. The fourth-order valence-electron chi connectivity index (χ4n) is 7.80. The first-order valence-electron chi connectivity index (χ1n) is 18.5. The number of hydrogen-bond donors (Lipinski definition) is 0. The van der Waals surface area contributed by atoms with Crippen molar-refractivity contribution in [3.05, 3.63) is 114 Å². The molecule has 52 heavy (non-hydrogen) atoms. The lowest BCUT2D eigenvalue weighted by molar-refractivity contribution is 0.332. The van der Waals surface area contributed by atoms with Gasteiger partial charge in [0.1, 0.15) is 29.0 Å². The van der Waals surface area contributed by atoms with Gasteiger partial charge in [0, 0.05) is 33.5 Å². The number of para-hydroxylation sites is 1. The first-order chi connectivity index (χ1) is 24.5. The molecule has 264 valence electrons. The second-order valence-electron chi connectivity index (χ2n) is 18.1. The minimum Gasteiger partial charge on any atom is -0.457 e. The van der Waals surface area contributed by atoms with Crippen LogP contribution >= 0.6 is 0 Å². The van der Waals surface area contributed by atoms with Gasteiger partial charge in [0.25, 0.3) is 0 Å². The van der Waals surface area contributed by atoms with Gasteiger partial charge >= 0.3 is 0 Å². The Kier molecular flexibility index (Phi) is 7.70. The van der Waals surface area contributed by atoms with Crippen molar-refractivity contribution >= 4 is 32.8 Å². The number of furan rings is 1. The summed E-state index contributed by atoms with van der Waals surface area (Å²) in [6.07, 6.45) is 5.87. The van der Waals surface area contributed by atoms with Crippen LogP contribution in [0.25, 0.3) is 55.4 Å². The van der Waals surface area contributed by atoms with Gasteiger partial charge in [-0.15, -0.1) is 0 Å². The van der Waals surface area contributed by atoms with Gasteiger partial charge in [0.15, 0.2) is 0 Å². The SMILES string of the molecule is CC(C)(C)c1cc(Oc2cc(-c3ncnc4cc5c(cc34)C(C)(C)CCC5(C)C)c3oc4ccccc4c3c2)cc(-c2cc(C(C)(C)C)ccn2)c1. The molecule has 0 saturated heterocycles. The summed E-state index contributed by atoms with van der Waals surface area (Å²) in [6.45, 7) is 22.8. The number of fused-ring (bicyclic) bond motifs is 5. The normalized spacial score (nSPS) is 15.7. The second kappa shape index (κ2) is 11.7. The Labute approximate surface area is 307 Å². The lowest BCUT2D eigenvalue weighted by atomic mass is 9.63. The molecule has 0 unspecified atom stereocenters. The van der Waals surface area contributed by atoms with Crippen molar-refractivity contribution in [3.63, 3.8) is 0 Å². The van der Waals surface area contributed by atoms with Crippen LogP contribution in [0.4, 0.5) is 0 Å². The van der Waals surface area contributed by atoms with E-state index in [2.05, 4.69) is 136 Å². The van der Waals surface area contributed by atoms with Crippen molar-refractivity contribution in [2.75, 3.05) is 0 Å². The first kappa shape index (κ1) is 34.1. The van der Waals surface area contributed by atoms with Crippen LogP contribution < -0.4 is 4.74 Å². The zero-order valence-corrected chi connectivity index (χ0v) is 32.2. The van der Waals surface area contributed by atoms with Gasteiger partial charge in [-0.2, -0.15) is 0 Å². The average Bonchev–Trinajstić information content (AvgIpc) is 3.47. The Hall–Kier alpha value is -5.03. The summed E-state index contributed by atoms with van der Waals surface area (Å²) in [6, 6.07) is 27.9. The molecule has 1 aliphatic carbocycles. The highest BCUT2D eigenvalue weighted by Crippen LogP contribution is 2.48.